The van der Waals surface area contributed by atoms with Gasteiger partial charge in [-0.3, -0.25) is 0 Å². The smallest absolute Gasteiger partial charge is 0.337 e. The molecule has 0 radical (unpaired) electrons. The lowest BCUT2D eigenvalue weighted by Crippen LogP contribution is -2.19. The highest BCUT2D eigenvalue weighted by molar-refractivity contribution is 5.89. The number of hydrogen-bond acceptors (Lipinski definition) is 3. The number of aromatic nitrogens is 1. The van der Waals surface area contributed by atoms with Crippen LogP contribution in [0.25, 0.3) is 0 Å². The lowest BCUT2D eigenvalue weighted by molar-refractivity contribution is 0.0695. The summed E-state index contributed by atoms with van der Waals surface area (Å²) in [6.45, 7) is 1.74. The zero-order valence-electron chi connectivity index (χ0n) is 10.8. The molecule has 1 fully saturated rings. The van der Waals surface area contributed by atoms with E-state index in [-0.39, 0.29) is 5.56 Å². The first-order chi connectivity index (χ1) is 8.66. The fourth-order valence-corrected chi connectivity index (χ4v) is 2.50. The Kier molecular flexibility index (Phi) is 4.18. The molecule has 0 spiro atoms. The first kappa shape index (κ1) is 12.9. The van der Waals surface area contributed by atoms with Crippen molar-refractivity contribution >= 4 is 11.8 Å². The van der Waals surface area contributed by atoms with E-state index >= 15 is 0 Å². The van der Waals surface area contributed by atoms with Crippen molar-refractivity contribution in [2.24, 2.45) is 0 Å². The summed E-state index contributed by atoms with van der Waals surface area (Å²) >= 11 is 0. The SMILES string of the molecule is Cc1nc(NC2CCCCCC2)ccc1C(=O)O. The van der Waals surface area contributed by atoms with Crippen LogP contribution in [-0.4, -0.2) is 22.1 Å². The van der Waals surface area contributed by atoms with Crippen molar-refractivity contribution in [3.8, 4) is 0 Å². The van der Waals surface area contributed by atoms with Gasteiger partial charge in [-0.1, -0.05) is 25.7 Å². The third kappa shape index (κ3) is 3.22. The van der Waals surface area contributed by atoms with E-state index in [0.717, 1.165) is 5.82 Å². The van der Waals surface area contributed by atoms with Crippen LogP contribution in [0.15, 0.2) is 12.1 Å². The van der Waals surface area contributed by atoms with Gasteiger partial charge in [0.25, 0.3) is 0 Å². The zero-order chi connectivity index (χ0) is 13.0. The maximum atomic E-state index is 10.9. The molecule has 0 aliphatic heterocycles. The predicted molar refractivity (Wildman–Crippen MR) is 71.0 cm³/mol. The second-order valence-corrected chi connectivity index (χ2v) is 4.97. The average Bonchev–Trinajstić information content (AvgIpc) is 2.57. The molecule has 1 aromatic rings. The molecule has 0 amide bonds. The van der Waals surface area contributed by atoms with E-state index in [0.29, 0.717) is 11.7 Å². The molecule has 98 valence electrons. The molecule has 1 aliphatic rings. The van der Waals surface area contributed by atoms with Crippen LogP contribution in [0.3, 0.4) is 0 Å². The third-order valence-corrected chi connectivity index (χ3v) is 3.52. The topological polar surface area (TPSA) is 62.2 Å². The number of carboxylic acid groups (broad SMARTS) is 1. The molecule has 0 saturated heterocycles. The molecular formula is C14H20N2O2. The second kappa shape index (κ2) is 5.85. The molecular weight excluding hydrogens is 228 g/mol. The summed E-state index contributed by atoms with van der Waals surface area (Å²) in [6.07, 6.45) is 7.54. The number of aromatic carboxylic acids is 1. The van der Waals surface area contributed by atoms with Crippen LogP contribution in [0.2, 0.25) is 0 Å². The number of anilines is 1. The van der Waals surface area contributed by atoms with Gasteiger partial charge in [0.05, 0.1) is 11.3 Å². The van der Waals surface area contributed by atoms with Gasteiger partial charge in [0.1, 0.15) is 5.82 Å². The predicted octanol–water partition coefficient (Wildman–Crippen LogP) is 3.22. The van der Waals surface area contributed by atoms with E-state index in [9.17, 15) is 4.79 Å². The van der Waals surface area contributed by atoms with Crippen molar-refractivity contribution < 1.29 is 9.90 Å². The number of carboxylic acids is 1. The minimum atomic E-state index is -0.916. The van der Waals surface area contributed by atoms with Gasteiger partial charge in [-0.05, 0) is 31.9 Å². The Morgan fingerprint density at radius 1 is 1.28 bits per heavy atom. The van der Waals surface area contributed by atoms with Crippen LogP contribution in [0.4, 0.5) is 5.82 Å². The lowest BCUT2D eigenvalue weighted by Gasteiger charge is -2.17. The van der Waals surface area contributed by atoms with E-state index in [4.69, 9.17) is 5.11 Å². The van der Waals surface area contributed by atoms with Gasteiger partial charge in [0.15, 0.2) is 0 Å². The summed E-state index contributed by atoms with van der Waals surface area (Å²) in [5.74, 6) is -0.120. The summed E-state index contributed by atoms with van der Waals surface area (Å²) in [5.41, 5.74) is 0.850. The van der Waals surface area contributed by atoms with Crippen LogP contribution in [-0.2, 0) is 0 Å². The van der Waals surface area contributed by atoms with Crippen LogP contribution < -0.4 is 5.32 Å². The Hall–Kier alpha value is -1.58. The van der Waals surface area contributed by atoms with E-state index in [2.05, 4.69) is 10.3 Å². The number of carbonyl (C=O) groups is 1. The fourth-order valence-electron chi connectivity index (χ4n) is 2.50. The first-order valence-corrected chi connectivity index (χ1v) is 6.64. The van der Waals surface area contributed by atoms with Crippen LogP contribution in [0.1, 0.15) is 54.6 Å². The molecule has 4 heteroatoms. The maximum Gasteiger partial charge on any atom is 0.337 e. The number of nitrogens with one attached hydrogen (secondary N) is 1. The van der Waals surface area contributed by atoms with Crippen molar-refractivity contribution in [1.29, 1.82) is 0 Å². The molecule has 1 aromatic heterocycles. The Labute approximate surface area is 107 Å². The van der Waals surface area contributed by atoms with Gasteiger partial charge in [-0.25, -0.2) is 9.78 Å². The standard InChI is InChI=1S/C14H20N2O2/c1-10-12(14(17)18)8-9-13(15-10)16-11-6-4-2-3-5-7-11/h8-9,11H,2-7H2,1H3,(H,15,16)(H,17,18). The van der Waals surface area contributed by atoms with Crippen molar-refractivity contribution in [2.45, 2.75) is 51.5 Å². The molecule has 0 aromatic carbocycles. The summed E-state index contributed by atoms with van der Waals surface area (Å²) in [4.78, 5) is 15.2. The van der Waals surface area contributed by atoms with Gasteiger partial charge < -0.3 is 10.4 Å². The normalized spacial score (nSPS) is 17.2. The molecule has 2 N–H and O–H groups in total. The summed E-state index contributed by atoms with van der Waals surface area (Å²) in [5, 5.41) is 12.4. The molecule has 1 heterocycles. The Morgan fingerprint density at radius 2 is 1.94 bits per heavy atom. The van der Waals surface area contributed by atoms with E-state index < -0.39 is 5.97 Å². The van der Waals surface area contributed by atoms with E-state index in [1.165, 1.54) is 38.5 Å². The molecule has 4 nitrogen and oxygen atoms in total. The van der Waals surface area contributed by atoms with Crippen molar-refractivity contribution in [1.82, 2.24) is 4.98 Å². The fraction of sp³-hybridized carbons (Fsp3) is 0.571. The molecule has 1 saturated carbocycles. The highest BCUT2D eigenvalue weighted by atomic mass is 16.4. The van der Waals surface area contributed by atoms with Crippen LogP contribution in [0, 0.1) is 6.92 Å². The Bertz CT molecular complexity index is 424. The van der Waals surface area contributed by atoms with Crippen molar-refractivity contribution in [2.75, 3.05) is 5.32 Å². The quantitative estimate of drug-likeness (QED) is 0.806. The van der Waals surface area contributed by atoms with Gasteiger partial charge in [0, 0.05) is 6.04 Å². The molecule has 0 unspecified atom stereocenters. The van der Waals surface area contributed by atoms with Crippen molar-refractivity contribution in [3.63, 3.8) is 0 Å². The second-order valence-electron chi connectivity index (χ2n) is 4.97. The summed E-state index contributed by atoms with van der Waals surface area (Å²) in [7, 11) is 0. The lowest BCUT2D eigenvalue weighted by atomic mass is 10.1. The molecule has 1 aliphatic carbocycles. The van der Waals surface area contributed by atoms with E-state index in [1.54, 1.807) is 19.1 Å². The maximum absolute atomic E-state index is 10.9. The summed E-state index contributed by atoms with van der Waals surface area (Å²) < 4.78 is 0. The Balaban J connectivity index is 2.05. The first-order valence-electron chi connectivity index (χ1n) is 6.64. The Morgan fingerprint density at radius 3 is 2.50 bits per heavy atom. The number of nitrogens with zero attached hydrogens (tertiary/aromatic N) is 1. The van der Waals surface area contributed by atoms with Gasteiger partial charge in [-0.2, -0.15) is 0 Å². The number of rotatable bonds is 3. The highest BCUT2D eigenvalue weighted by Gasteiger charge is 2.14. The van der Waals surface area contributed by atoms with Gasteiger partial charge >= 0.3 is 5.97 Å². The minimum Gasteiger partial charge on any atom is -0.478 e. The number of pyridine rings is 1. The van der Waals surface area contributed by atoms with Crippen LogP contribution in [0.5, 0.6) is 0 Å². The zero-order valence-corrected chi connectivity index (χ0v) is 10.8. The summed E-state index contributed by atoms with van der Waals surface area (Å²) in [6, 6.07) is 3.88. The average molecular weight is 248 g/mol. The molecule has 18 heavy (non-hydrogen) atoms. The number of aryl methyl sites for hydroxylation is 1. The highest BCUT2D eigenvalue weighted by Crippen LogP contribution is 2.21. The van der Waals surface area contributed by atoms with Gasteiger partial charge in [-0.15, -0.1) is 0 Å². The molecule has 2 rings (SSSR count). The molecule has 0 atom stereocenters. The minimum absolute atomic E-state index is 0.279. The monoisotopic (exact) mass is 248 g/mol. The number of hydrogen-bond donors (Lipinski definition) is 2. The third-order valence-electron chi connectivity index (χ3n) is 3.52. The van der Waals surface area contributed by atoms with Gasteiger partial charge in [0.2, 0.25) is 0 Å². The van der Waals surface area contributed by atoms with Crippen LogP contribution >= 0.6 is 0 Å². The molecule has 0 bridgehead atoms. The van der Waals surface area contributed by atoms with E-state index in [1.807, 2.05) is 0 Å². The van der Waals surface area contributed by atoms with Crippen molar-refractivity contribution in [3.05, 3.63) is 23.4 Å². The largest absolute Gasteiger partial charge is 0.478 e.